The van der Waals surface area contributed by atoms with Crippen molar-refractivity contribution in [3.8, 4) is 0 Å². The lowest BCUT2D eigenvalue weighted by atomic mass is 10.3. The molecule has 0 saturated heterocycles. The van der Waals surface area contributed by atoms with Gasteiger partial charge >= 0.3 is 16.2 Å². The van der Waals surface area contributed by atoms with E-state index in [0.717, 1.165) is 30.7 Å². The van der Waals surface area contributed by atoms with E-state index in [2.05, 4.69) is 14.9 Å². The summed E-state index contributed by atoms with van der Waals surface area (Å²) >= 11 is 0. The highest BCUT2D eigenvalue weighted by Crippen LogP contribution is 2.19. The summed E-state index contributed by atoms with van der Waals surface area (Å²) in [4.78, 5) is -0.899. The number of sulfonamides is 1. The molecular weight excluding hydrogens is 337 g/mol. The maximum Gasteiger partial charge on any atom is 0.332 e. The fourth-order valence-electron chi connectivity index (χ4n) is 1.56. The molecule has 0 bridgehead atoms. The summed E-state index contributed by atoms with van der Waals surface area (Å²) in [6, 6.07) is 3.31. The van der Waals surface area contributed by atoms with Gasteiger partial charge in [-0.3, -0.25) is 0 Å². The van der Waals surface area contributed by atoms with Crippen LogP contribution in [0.5, 0.6) is 0 Å². The Labute approximate surface area is 126 Å². The Hall–Kier alpha value is -2.01. The van der Waals surface area contributed by atoms with Crippen molar-refractivity contribution in [2.45, 2.75) is 29.6 Å². The number of halogens is 1. The highest BCUT2D eigenvalue weighted by Gasteiger charge is 2.19. The topological polar surface area (TPSA) is 119 Å². The van der Waals surface area contributed by atoms with Crippen LogP contribution in [0.2, 0.25) is 0 Å². The molecule has 8 nitrogen and oxygen atoms in total. The van der Waals surface area contributed by atoms with Crippen LogP contribution in [0.15, 0.2) is 38.5 Å². The number of nitrogens with one attached hydrogen (secondary N) is 1. The van der Waals surface area contributed by atoms with Crippen LogP contribution in [0.3, 0.4) is 0 Å². The van der Waals surface area contributed by atoms with E-state index in [1.165, 1.54) is 0 Å². The van der Waals surface area contributed by atoms with Crippen molar-refractivity contribution in [3.63, 3.8) is 0 Å². The fraction of sp³-hybridized carbons (Fsp3) is 0.273. The van der Waals surface area contributed by atoms with Crippen LogP contribution < -0.4 is 4.72 Å². The third-order valence-corrected chi connectivity index (χ3v) is 4.74. The summed E-state index contributed by atoms with van der Waals surface area (Å²) in [6.07, 6.45) is 1.27. The molecule has 1 N–H and O–H groups in total. The van der Waals surface area contributed by atoms with E-state index >= 15 is 0 Å². The van der Waals surface area contributed by atoms with Crippen molar-refractivity contribution in [2.75, 3.05) is 4.72 Å². The number of anilines is 1. The molecule has 11 heteroatoms. The number of aryl methyl sites for hydroxylation is 1. The third kappa shape index (κ3) is 3.80. The molecular formula is C11H12FN3O5S2. The Balaban J connectivity index is 2.22. The van der Waals surface area contributed by atoms with Gasteiger partial charge < -0.3 is 4.42 Å². The number of hydrogen-bond donors (Lipinski definition) is 1. The Bertz CT molecular complexity index is 859. The lowest BCUT2D eigenvalue weighted by Gasteiger charge is -2.04. The highest BCUT2D eigenvalue weighted by atomic mass is 32.3. The van der Waals surface area contributed by atoms with Crippen LogP contribution in [0.1, 0.15) is 19.2 Å². The van der Waals surface area contributed by atoms with Gasteiger partial charge in [0, 0.05) is 6.42 Å². The molecule has 1 heterocycles. The number of hydrogen-bond acceptors (Lipinski definition) is 7. The summed E-state index contributed by atoms with van der Waals surface area (Å²) < 4.78 is 65.4. The van der Waals surface area contributed by atoms with E-state index in [0.29, 0.717) is 12.3 Å². The first-order chi connectivity index (χ1) is 10.2. The molecule has 120 valence electrons. The summed E-state index contributed by atoms with van der Waals surface area (Å²) in [5.74, 6) is 0.291. The van der Waals surface area contributed by atoms with Gasteiger partial charge in [-0.25, -0.2) is 13.1 Å². The number of aromatic nitrogens is 2. The van der Waals surface area contributed by atoms with Gasteiger partial charge in [-0.1, -0.05) is 12.0 Å². The standard InChI is InChI=1S/C11H12FN3O5S2/c1-2-3-10-13-14-11(20-10)15-22(18,19)9-6-4-8(5-7-9)21(12,16)17/h4-7H,2-3H2,1H3,(H,14,15). The number of rotatable bonds is 6. The zero-order valence-corrected chi connectivity index (χ0v) is 13.0. The first-order valence-corrected chi connectivity index (χ1v) is 8.99. The van der Waals surface area contributed by atoms with E-state index in [1.54, 1.807) is 0 Å². The van der Waals surface area contributed by atoms with Crippen molar-refractivity contribution < 1.29 is 25.1 Å². The van der Waals surface area contributed by atoms with Crippen LogP contribution in [-0.4, -0.2) is 27.0 Å². The van der Waals surface area contributed by atoms with E-state index in [9.17, 15) is 20.7 Å². The first-order valence-electron chi connectivity index (χ1n) is 6.12. The monoisotopic (exact) mass is 349 g/mol. The maximum atomic E-state index is 12.7. The summed E-state index contributed by atoms with van der Waals surface area (Å²) in [5, 5.41) is 7.20. The molecule has 1 aromatic heterocycles. The normalized spacial score (nSPS) is 12.3. The van der Waals surface area contributed by atoms with Crippen molar-refractivity contribution in [1.82, 2.24) is 10.2 Å². The SMILES string of the molecule is CCCc1nnc(NS(=O)(=O)c2ccc(S(=O)(=O)F)cc2)o1. The van der Waals surface area contributed by atoms with Gasteiger partial charge in [0.15, 0.2) is 0 Å². The van der Waals surface area contributed by atoms with Crippen molar-refractivity contribution in [3.05, 3.63) is 30.2 Å². The van der Waals surface area contributed by atoms with Gasteiger partial charge in [0.05, 0.1) is 9.79 Å². The summed E-state index contributed by atoms with van der Waals surface area (Å²) in [6.45, 7) is 1.90. The molecule has 0 atom stereocenters. The Morgan fingerprint density at radius 2 is 1.68 bits per heavy atom. The fourth-order valence-corrected chi connectivity index (χ4v) is 2.95. The molecule has 1 aromatic carbocycles. The first kappa shape index (κ1) is 16.4. The van der Waals surface area contributed by atoms with E-state index in [4.69, 9.17) is 4.42 Å². The molecule has 0 aliphatic rings. The van der Waals surface area contributed by atoms with Crippen molar-refractivity contribution in [2.24, 2.45) is 0 Å². The van der Waals surface area contributed by atoms with Gasteiger partial charge in [-0.05, 0) is 30.7 Å². The van der Waals surface area contributed by atoms with Crippen molar-refractivity contribution >= 4 is 26.3 Å². The zero-order chi connectivity index (χ0) is 16.4. The van der Waals surface area contributed by atoms with Crippen LogP contribution in [0.25, 0.3) is 0 Å². The predicted molar refractivity (Wildman–Crippen MR) is 73.8 cm³/mol. The number of benzene rings is 1. The van der Waals surface area contributed by atoms with Crippen LogP contribution in [-0.2, 0) is 26.7 Å². The predicted octanol–water partition coefficient (Wildman–Crippen LogP) is 1.48. The lowest BCUT2D eigenvalue weighted by molar-refractivity contribution is 0.504. The summed E-state index contributed by atoms with van der Waals surface area (Å²) in [7, 11) is -8.92. The average Bonchev–Trinajstić information content (AvgIpc) is 2.85. The molecule has 22 heavy (non-hydrogen) atoms. The molecule has 0 amide bonds. The van der Waals surface area contributed by atoms with Gasteiger partial charge in [0.25, 0.3) is 10.0 Å². The molecule has 0 saturated carbocycles. The smallest absolute Gasteiger partial charge is 0.332 e. The molecule has 0 radical (unpaired) electrons. The molecule has 2 aromatic rings. The van der Waals surface area contributed by atoms with Gasteiger partial charge in [0.1, 0.15) is 0 Å². The van der Waals surface area contributed by atoms with E-state index in [-0.39, 0.29) is 10.9 Å². The second-order valence-corrected chi connectivity index (χ2v) is 7.30. The second-order valence-electron chi connectivity index (χ2n) is 4.27. The van der Waals surface area contributed by atoms with E-state index in [1.807, 2.05) is 6.92 Å². The zero-order valence-electron chi connectivity index (χ0n) is 11.4. The van der Waals surface area contributed by atoms with Gasteiger partial charge in [0.2, 0.25) is 5.89 Å². The van der Waals surface area contributed by atoms with Crippen LogP contribution >= 0.6 is 0 Å². The molecule has 0 fully saturated rings. The Morgan fingerprint density at radius 3 is 2.23 bits per heavy atom. The quantitative estimate of drug-likeness (QED) is 0.784. The minimum absolute atomic E-state index is 0.268. The largest absolute Gasteiger partial charge is 0.407 e. The Kier molecular flexibility index (Phi) is 4.47. The van der Waals surface area contributed by atoms with Gasteiger partial charge in [-0.15, -0.1) is 8.98 Å². The Morgan fingerprint density at radius 1 is 1.09 bits per heavy atom. The average molecular weight is 349 g/mol. The van der Waals surface area contributed by atoms with Gasteiger partial charge in [-0.2, -0.15) is 8.42 Å². The minimum Gasteiger partial charge on any atom is -0.407 e. The molecule has 0 aliphatic carbocycles. The summed E-state index contributed by atoms with van der Waals surface area (Å²) in [5.41, 5.74) is 0. The molecule has 0 unspecified atom stereocenters. The second kappa shape index (κ2) is 6.01. The van der Waals surface area contributed by atoms with Crippen LogP contribution in [0.4, 0.5) is 9.90 Å². The number of nitrogens with zero attached hydrogens (tertiary/aromatic N) is 2. The van der Waals surface area contributed by atoms with Crippen molar-refractivity contribution in [1.29, 1.82) is 0 Å². The third-order valence-electron chi connectivity index (χ3n) is 2.57. The molecule has 0 spiro atoms. The maximum absolute atomic E-state index is 12.7. The molecule has 2 rings (SSSR count). The minimum atomic E-state index is -4.88. The van der Waals surface area contributed by atoms with E-state index < -0.39 is 25.1 Å². The molecule has 0 aliphatic heterocycles. The lowest BCUT2D eigenvalue weighted by Crippen LogP contribution is -2.13. The van der Waals surface area contributed by atoms with Crippen LogP contribution in [0, 0.1) is 0 Å². The highest BCUT2D eigenvalue weighted by molar-refractivity contribution is 7.92.